The van der Waals surface area contributed by atoms with Crippen LogP contribution >= 0.6 is 0 Å². The van der Waals surface area contributed by atoms with E-state index in [0.29, 0.717) is 6.42 Å². The number of amides is 2. The Labute approximate surface area is 121 Å². The lowest BCUT2D eigenvalue weighted by atomic mass is 9.93. The second-order valence-corrected chi connectivity index (χ2v) is 5.73. The molecule has 20 heavy (non-hydrogen) atoms. The van der Waals surface area contributed by atoms with Crippen molar-refractivity contribution in [3.8, 4) is 0 Å². The normalized spacial score (nSPS) is 17.8. The van der Waals surface area contributed by atoms with Crippen LogP contribution in [0.3, 0.4) is 0 Å². The van der Waals surface area contributed by atoms with Gasteiger partial charge < -0.3 is 15.3 Å². The largest absolute Gasteiger partial charge is 0.481 e. The highest BCUT2D eigenvalue weighted by atomic mass is 16.4. The molecule has 2 N–H and O–H groups in total. The van der Waals surface area contributed by atoms with Crippen LogP contribution in [-0.2, 0) is 4.79 Å². The van der Waals surface area contributed by atoms with E-state index in [2.05, 4.69) is 12.2 Å². The third-order valence-electron chi connectivity index (χ3n) is 4.08. The number of carbonyl (C=O) groups excluding carboxylic acids is 1. The second-order valence-electron chi connectivity index (χ2n) is 5.73. The molecule has 116 valence electrons. The SMILES string of the molecule is CCCC1CCN(C(=O)NCC(CCC)C(=O)O)CC1. The zero-order chi connectivity index (χ0) is 15.0. The topological polar surface area (TPSA) is 69.6 Å². The maximum atomic E-state index is 12.0. The van der Waals surface area contributed by atoms with E-state index in [9.17, 15) is 9.59 Å². The van der Waals surface area contributed by atoms with Gasteiger partial charge in [-0.05, 0) is 25.2 Å². The summed E-state index contributed by atoms with van der Waals surface area (Å²) in [5.74, 6) is -0.550. The maximum Gasteiger partial charge on any atom is 0.317 e. The molecule has 1 aliphatic heterocycles. The van der Waals surface area contributed by atoms with Crippen LogP contribution in [0.4, 0.5) is 4.79 Å². The molecule has 1 saturated heterocycles. The van der Waals surface area contributed by atoms with Gasteiger partial charge in [0.25, 0.3) is 0 Å². The predicted molar refractivity (Wildman–Crippen MR) is 78.6 cm³/mol. The summed E-state index contributed by atoms with van der Waals surface area (Å²) in [6, 6.07) is -0.109. The molecule has 1 unspecified atom stereocenters. The van der Waals surface area contributed by atoms with E-state index in [0.717, 1.165) is 38.3 Å². The molecule has 0 aromatic heterocycles. The molecule has 0 aliphatic carbocycles. The molecule has 1 rings (SSSR count). The van der Waals surface area contributed by atoms with Gasteiger partial charge in [-0.25, -0.2) is 4.79 Å². The van der Waals surface area contributed by atoms with Crippen LogP contribution in [0.2, 0.25) is 0 Å². The number of likely N-dealkylation sites (tertiary alicyclic amines) is 1. The first-order valence-corrected chi connectivity index (χ1v) is 7.84. The molecule has 0 aromatic rings. The van der Waals surface area contributed by atoms with Crippen molar-refractivity contribution < 1.29 is 14.7 Å². The summed E-state index contributed by atoms with van der Waals surface area (Å²) in [4.78, 5) is 24.9. The van der Waals surface area contributed by atoms with Crippen molar-refractivity contribution in [3.63, 3.8) is 0 Å². The zero-order valence-corrected chi connectivity index (χ0v) is 12.7. The summed E-state index contributed by atoms with van der Waals surface area (Å²) in [7, 11) is 0. The first-order valence-electron chi connectivity index (χ1n) is 7.84. The number of nitrogens with zero attached hydrogens (tertiary/aromatic N) is 1. The van der Waals surface area contributed by atoms with Gasteiger partial charge in [0.15, 0.2) is 0 Å². The van der Waals surface area contributed by atoms with Crippen LogP contribution in [0.25, 0.3) is 0 Å². The van der Waals surface area contributed by atoms with E-state index in [1.807, 2.05) is 11.8 Å². The summed E-state index contributed by atoms with van der Waals surface area (Å²) in [6.07, 6.45) is 6.00. The first-order chi connectivity index (χ1) is 9.58. The Morgan fingerprint density at radius 2 is 1.90 bits per heavy atom. The van der Waals surface area contributed by atoms with E-state index in [1.165, 1.54) is 12.8 Å². The summed E-state index contributed by atoms with van der Waals surface area (Å²) in [6.45, 7) is 5.97. The van der Waals surface area contributed by atoms with Crippen LogP contribution in [0.5, 0.6) is 0 Å². The molecule has 5 heteroatoms. The molecule has 0 aromatic carbocycles. The van der Waals surface area contributed by atoms with Gasteiger partial charge in [-0.2, -0.15) is 0 Å². The monoisotopic (exact) mass is 284 g/mol. The lowest BCUT2D eigenvalue weighted by molar-refractivity contribution is -0.141. The van der Waals surface area contributed by atoms with Crippen molar-refractivity contribution >= 4 is 12.0 Å². The van der Waals surface area contributed by atoms with Crippen LogP contribution < -0.4 is 5.32 Å². The Morgan fingerprint density at radius 3 is 2.40 bits per heavy atom. The van der Waals surface area contributed by atoms with Crippen molar-refractivity contribution in [1.29, 1.82) is 0 Å². The minimum Gasteiger partial charge on any atom is -0.481 e. The number of piperidine rings is 1. The smallest absolute Gasteiger partial charge is 0.317 e. The zero-order valence-electron chi connectivity index (χ0n) is 12.7. The summed E-state index contributed by atoms with van der Waals surface area (Å²) in [5.41, 5.74) is 0. The van der Waals surface area contributed by atoms with Crippen molar-refractivity contribution in [2.24, 2.45) is 11.8 Å². The fourth-order valence-corrected chi connectivity index (χ4v) is 2.82. The first kappa shape index (κ1) is 16.8. The molecule has 1 aliphatic rings. The maximum absolute atomic E-state index is 12.0. The summed E-state index contributed by atoms with van der Waals surface area (Å²) in [5, 5.41) is 11.8. The lowest BCUT2D eigenvalue weighted by Gasteiger charge is -2.32. The van der Waals surface area contributed by atoms with Crippen LogP contribution in [0.15, 0.2) is 0 Å². The van der Waals surface area contributed by atoms with E-state index in [-0.39, 0.29) is 12.6 Å². The van der Waals surface area contributed by atoms with E-state index >= 15 is 0 Å². The number of carbonyl (C=O) groups is 2. The molecule has 1 atom stereocenters. The molecule has 0 spiro atoms. The molecule has 2 amide bonds. The molecule has 5 nitrogen and oxygen atoms in total. The standard InChI is InChI=1S/C15H28N2O3/c1-3-5-12-7-9-17(10-8-12)15(20)16-11-13(6-4-2)14(18)19/h12-13H,3-11H2,1-2H3,(H,16,20)(H,18,19). The molecule has 0 saturated carbocycles. The van der Waals surface area contributed by atoms with Gasteiger partial charge in [-0.15, -0.1) is 0 Å². The van der Waals surface area contributed by atoms with Gasteiger partial charge in [0.05, 0.1) is 5.92 Å². The fraction of sp³-hybridized carbons (Fsp3) is 0.867. The Balaban J connectivity index is 2.31. The number of nitrogens with one attached hydrogen (secondary N) is 1. The van der Waals surface area contributed by atoms with Gasteiger partial charge in [0.1, 0.15) is 0 Å². The number of aliphatic carboxylic acids is 1. The van der Waals surface area contributed by atoms with Crippen LogP contribution in [0, 0.1) is 11.8 Å². The highest BCUT2D eigenvalue weighted by Crippen LogP contribution is 2.21. The van der Waals surface area contributed by atoms with Crippen molar-refractivity contribution in [2.75, 3.05) is 19.6 Å². The molecule has 1 heterocycles. The number of urea groups is 1. The molecule has 0 radical (unpaired) electrons. The number of carboxylic acid groups (broad SMARTS) is 1. The fourth-order valence-electron chi connectivity index (χ4n) is 2.82. The second kappa shape index (κ2) is 8.82. The van der Waals surface area contributed by atoms with Crippen molar-refractivity contribution in [1.82, 2.24) is 10.2 Å². The van der Waals surface area contributed by atoms with Crippen molar-refractivity contribution in [2.45, 2.75) is 52.4 Å². The third kappa shape index (κ3) is 5.39. The van der Waals surface area contributed by atoms with E-state index in [1.54, 1.807) is 0 Å². The van der Waals surface area contributed by atoms with Crippen LogP contribution in [0.1, 0.15) is 52.4 Å². The summed E-state index contributed by atoms with van der Waals surface area (Å²) < 4.78 is 0. The van der Waals surface area contributed by atoms with Gasteiger partial charge >= 0.3 is 12.0 Å². The van der Waals surface area contributed by atoms with E-state index in [4.69, 9.17) is 5.11 Å². The summed E-state index contributed by atoms with van der Waals surface area (Å²) >= 11 is 0. The van der Waals surface area contributed by atoms with Crippen LogP contribution in [-0.4, -0.2) is 41.6 Å². The Bertz CT molecular complexity index is 312. The minimum atomic E-state index is -0.825. The lowest BCUT2D eigenvalue weighted by Crippen LogP contribution is -2.46. The number of carboxylic acids is 1. The number of rotatable bonds is 7. The highest BCUT2D eigenvalue weighted by molar-refractivity contribution is 5.76. The van der Waals surface area contributed by atoms with Crippen molar-refractivity contribution in [3.05, 3.63) is 0 Å². The van der Waals surface area contributed by atoms with Gasteiger partial charge in [-0.1, -0.05) is 33.1 Å². The quantitative estimate of drug-likeness (QED) is 0.755. The Morgan fingerprint density at radius 1 is 1.25 bits per heavy atom. The predicted octanol–water partition coefficient (Wildman–Crippen LogP) is 2.71. The average molecular weight is 284 g/mol. The molecular weight excluding hydrogens is 256 g/mol. The van der Waals surface area contributed by atoms with Gasteiger partial charge in [0, 0.05) is 19.6 Å². The molecule has 0 bridgehead atoms. The number of hydrogen-bond acceptors (Lipinski definition) is 2. The number of hydrogen-bond donors (Lipinski definition) is 2. The average Bonchev–Trinajstić information content (AvgIpc) is 2.44. The van der Waals surface area contributed by atoms with Gasteiger partial charge in [0.2, 0.25) is 0 Å². The highest BCUT2D eigenvalue weighted by Gasteiger charge is 2.23. The van der Waals surface area contributed by atoms with E-state index < -0.39 is 11.9 Å². The Kier molecular flexibility index (Phi) is 7.41. The third-order valence-corrected chi connectivity index (χ3v) is 4.08. The molecular formula is C15H28N2O3. The Hall–Kier alpha value is -1.26. The molecule has 1 fully saturated rings. The van der Waals surface area contributed by atoms with Gasteiger partial charge in [-0.3, -0.25) is 4.79 Å². The minimum absolute atomic E-state index is 0.109.